The molecule has 1 saturated heterocycles. The highest BCUT2D eigenvalue weighted by Gasteiger charge is 2.27. The van der Waals surface area contributed by atoms with Crippen LogP contribution < -0.4 is 15.4 Å². The molecule has 3 rings (SSSR count). The summed E-state index contributed by atoms with van der Waals surface area (Å²) in [5.41, 5.74) is 1.97. The summed E-state index contributed by atoms with van der Waals surface area (Å²) in [7, 11) is 0. The summed E-state index contributed by atoms with van der Waals surface area (Å²) in [6.07, 6.45) is 0.00475. The number of rotatable bonds is 5. The van der Waals surface area contributed by atoms with Gasteiger partial charge in [0.1, 0.15) is 11.5 Å². The van der Waals surface area contributed by atoms with Crippen molar-refractivity contribution in [1.29, 1.82) is 0 Å². The molecule has 0 saturated carbocycles. The van der Waals surface area contributed by atoms with Gasteiger partial charge in [0.2, 0.25) is 5.91 Å². The van der Waals surface area contributed by atoms with Gasteiger partial charge in [-0.2, -0.15) is 0 Å². The smallest absolute Gasteiger partial charge is 0.237 e. The van der Waals surface area contributed by atoms with Crippen LogP contribution in [-0.2, 0) is 11.3 Å². The predicted octanol–water partition coefficient (Wildman–Crippen LogP) is 2.55. The summed E-state index contributed by atoms with van der Waals surface area (Å²) in [5.74, 6) is 1.43. The Hall–Kier alpha value is -2.08. The van der Waals surface area contributed by atoms with Gasteiger partial charge in [0.15, 0.2) is 0 Å². The minimum atomic E-state index is -0.447. The van der Waals surface area contributed by atoms with E-state index in [9.17, 15) is 9.90 Å². The summed E-state index contributed by atoms with van der Waals surface area (Å²) < 4.78 is 6.01. The number of para-hydroxylation sites is 2. The van der Waals surface area contributed by atoms with Crippen LogP contribution in [0.4, 0.5) is 0 Å². The Morgan fingerprint density at radius 1 is 1.20 bits per heavy atom. The van der Waals surface area contributed by atoms with Crippen molar-refractivity contribution >= 4 is 18.3 Å². The molecular weight excluding hydrogens is 340 g/mol. The second-order valence-electron chi connectivity index (χ2n) is 6.04. The lowest BCUT2D eigenvalue weighted by Gasteiger charge is -2.15. The lowest BCUT2D eigenvalue weighted by molar-refractivity contribution is -0.123. The number of amides is 1. The van der Waals surface area contributed by atoms with Gasteiger partial charge in [0, 0.05) is 18.7 Å². The highest BCUT2D eigenvalue weighted by atomic mass is 35.5. The van der Waals surface area contributed by atoms with E-state index in [-0.39, 0.29) is 24.4 Å². The monoisotopic (exact) mass is 362 g/mol. The average Bonchev–Trinajstić information content (AvgIpc) is 3.02. The van der Waals surface area contributed by atoms with Crippen molar-refractivity contribution in [3.8, 4) is 11.5 Å². The zero-order chi connectivity index (χ0) is 16.9. The fraction of sp³-hybridized carbons (Fsp3) is 0.316. The van der Waals surface area contributed by atoms with Crippen molar-refractivity contribution in [1.82, 2.24) is 10.6 Å². The van der Waals surface area contributed by atoms with Crippen LogP contribution in [0.15, 0.2) is 48.5 Å². The number of benzene rings is 2. The van der Waals surface area contributed by atoms with Gasteiger partial charge in [-0.25, -0.2) is 0 Å². The number of nitrogens with one attached hydrogen (secondary N) is 2. The van der Waals surface area contributed by atoms with E-state index in [1.54, 1.807) is 0 Å². The number of halogens is 1. The van der Waals surface area contributed by atoms with Crippen molar-refractivity contribution in [2.45, 2.75) is 32.0 Å². The predicted molar refractivity (Wildman–Crippen MR) is 99.2 cm³/mol. The van der Waals surface area contributed by atoms with Crippen LogP contribution in [0.5, 0.6) is 11.5 Å². The minimum absolute atomic E-state index is 0. The van der Waals surface area contributed by atoms with Gasteiger partial charge in [-0.15, -0.1) is 12.4 Å². The lowest BCUT2D eigenvalue weighted by Crippen LogP contribution is -2.40. The number of aliphatic hydroxyl groups excluding tert-OH is 1. The summed E-state index contributed by atoms with van der Waals surface area (Å²) in [4.78, 5) is 12.2. The van der Waals surface area contributed by atoms with Crippen LogP contribution in [0.3, 0.4) is 0 Å². The highest BCUT2D eigenvalue weighted by Crippen LogP contribution is 2.27. The molecule has 1 heterocycles. The number of carbonyl (C=O) groups is 1. The Labute approximate surface area is 153 Å². The Bertz CT molecular complexity index is 723. The molecule has 2 aromatic rings. The summed E-state index contributed by atoms with van der Waals surface area (Å²) >= 11 is 0. The lowest BCUT2D eigenvalue weighted by atomic mass is 10.1. The van der Waals surface area contributed by atoms with Crippen LogP contribution in [-0.4, -0.2) is 29.7 Å². The van der Waals surface area contributed by atoms with Crippen LogP contribution in [0.25, 0.3) is 0 Å². The van der Waals surface area contributed by atoms with E-state index >= 15 is 0 Å². The van der Waals surface area contributed by atoms with Gasteiger partial charge in [0.25, 0.3) is 0 Å². The van der Waals surface area contributed by atoms with Gasteiger partial charge in [-0.1, -0.05) is 36.4 Å². The molecule has 2 atom stereocenters. The van der Waals surface area contributed by atoms with Gasteiger partial charge >= 0.3 is 0 Å². The molecule has 0 bridgehead atoms. The van der Waals surface area contributed by atoms with Gasteiger partial charge in [-0.05, 0) is 31.0 Å². The van der Waals surface area contributed by atoms with Crippen molar-refractivity contribution in [3.63, 3.8) is 0 Å². The Morgan fingerprint density at radius 2 is 1.88 bits per heavy atom. The van der Waals surface area contributed by atoms with E-state index in [2.05, 4.69) is 10.6 Å². The second kappa shape index (κ2) is 8.85. The van der Waals surface area contributed by atoms with E-state index in [1.807, 2.05) is 55.5 Å². The quantitative estimate of drug-likeness (QED) is 0.764. The van der Waals surface area contributed by atoms with Gasteiger partial charge < -0.3 is 20.5 Å². The Morgan fingerprint density at radius 3 is 2.56 bits per heavy atom. The van der Waals surface area contributed by atoms with Crippen molar-refractivity contribution in [3.05, 3.63) is 59.7 Å². The Kier molecular flexibility index (Phi) is 6.82. The molecule has 5 nitrogen and oxygen atoms in total. The zero-order valence-corrected chi connectivity index (χ0v) is 14.9. The number of carbonyl (C=O) groups excluding carboxylic acids is 1. The molecular formula is C19H23ClN2O3. The van der Waals surface area contributed by atoms with Crippen LogP contribution in [0.1, 0.15) is 17.5 Å². The van der Waals surface area contributed by atoms with E-state index in [0.29, 0.717) is 19.5 Å². The fourth-order valence-electron chi connectivity index (χ4n) is 2.76. The minimum Gasteiger partial charge on any atom is -0.457 e. The number of aryl methyl sites for hydroxylation is 1. The van der Waals surface area contributed by atoms with Crippen LogP contribution in [0.2, 0.25) is 0 Å². The molecule has 1 amide bonds. The first-order valence-corrected chi connectivity index (χ1v) is 8.14. The highest BCUT2D eigenvalue weighted by molar-refractivity contribution is 5.85. The number of hydrogen-bond donors (Lipinski definition) is 3. The van der Waals surface area contributed by atoms with Crippen LogP contribution in [0, 0.1) is 6.92 Å². The first-order valence-electron chi connectivity index (χ1n) is 8.14. The van der Waals surface area contributed by atoms with E-state index in [0.717, 1.165) is 22.6 Å². The number of aliphatic hydroxyl groups is 1. The van der Waals surface area contributed by atoms with Crippen molar-refractivity contribution in [2.75, 3.05) is 6.54 Å². The normalized spacial score (nSPS) is 19.1. The molecule has 0 aromatic heterocycles. The van der Waals surface area contributed by atoms with Crippen molar-refractivity contribution in [2.24, 2.45) is 0 Å². The molecule has 1 aliphatic heterocycles. The fourth-order valence-corrected chi connectivity index (χ4v) is 2.76. The molecule has 3 N–H and O–H groups in total. The van der Waals surface area contributed by atoms with E-state index in [4.69, 9.17) is 4.74 Å². The number of ether oxygens (including phenoxy) is 1. The third-order valence-electron chi connectivity index (χ3n) is 4.16. The SMILES string of the molecule is Cc1ccccc1Oc1ccccc1CNC(=O)C1CC(O)CN1.Cl. The van der Waals surface area contributed by atoms with Gasteiger partial charge in [0.05, 0.1) is 12.1 Å². The molecule has 0 aliphatic carbocycles. The largest absolute Gasteiger partial charge is 0.457 e. The van der Waals surface area contributed by atoms with Crippen molar-refractivity contribution < 1.29 is 14.6 Å². The third kappa shape index (κ3) is 4.95. The van der Waals surface area contributed by atoms with E-state index in [1.165, 1.54) is 0 Å². The molecule has 0 radical (unpaired) electrons. The molecule has 6 heteroatoms. The molecule has 1 fully saturated rings. The number of hydrogen-bond acceptors (Lipinski definition) is 4. The first-order chi connectivity index (χ1) is 11.6. The molecule has 2 aromatic carbocycles. The summed E-state index contributed by atoms with van der Waals surface area (Å²) in [6.45, 7) is 2.84. The topological polar surface area (TPSA) is 70.6 Å². The summed E-state index contributed by atoms with van der Waals surface area (Å²) in [5, 5.41) is 15.4. The molecule has 1 aliphatic rings. The first kappa shape index (κ1) is 19.2. The second-order valence-corrected chi connectivity index (χ2v) is 6.04. The summed E-state index contributed by atoms with van der Waals surface area (Å²) in [6, 6.07) is 15.2. The zero-order valence-electron chi connectivity index (χ0n) is 14.1. The Balaban J connectivity index is 0.00000225. The molecule has 134 valence electrons. The van der Waals surface area contributed by atoms with Crippen LogP contribution >= 0.6 is 12.4 Å². The third-order valence-corrected chi connectivity index (χ3v) is 4.16. The standard InChI is InChI=1S/C19H22N2O3.ClH/c1-13-6-2-4-8-17(13)24-18-9-5-3-7-14(18)11-21-19(23)16-10-15(22)12-20-16;/h2-9,15-16,20,22H,10-12H2,1H3,(H,21,23);1H. The van der Waals surface area contributed by atoms with E-state index < -0.39 is 6.10 Å². The van der Waals surface area contributed by atoms with Gasteiger partial charge in [-0.3, -0.25) is 4.79 Å². The number of β-amino-alcohol motifs (C(OH)–C–C–N with tert-alkyl or cyclic N) is 1. The molecule has 25 heavy (non-hydrogen) atoms. The molecule has 0 spiro atoms. The maximum atomic E-state index is 12.2. The average molecular weight is 363 g/mol. The molecule has 2 unspecified atom stereocenters. The maximum Gasteiger partial charge on any atom is 0.237 e. The maximum absolute atomic E-state index is 12.2.